The summed E-state index contributed by atoms with van der Waals surface area (Å²) >= 11 is 0. The van der Waals surface area contributed by atoms with Crippen molar-refractivity contribution in [1.82, 2.24) is 5.32 Å². The first kappa shape index (κ1) is 16.9. The minimum absolute atomic E-state index is 0. The molecule has 0 saturated heterocycles. The highest BCUT2D eigenvalue weighted by Crippen LogP contribution is 2.04. The summed E-state index contributed by atoms with van der Waals surface area (Å²) in [7, 11) is 0. The Kier molecular flexibility index (Phi) is 7.64. The lowest BCUT2D eigenvalue weighted by molar-refractivity contribution is -0.124. The second-order valence-corrected chi connectivity index (χ2v) is 4.67. The van der Waals surface area contributed by atoms with Crippen molar-refractivity contribution in [2.24, 2.45) is 11.7 Å². The zero-order chi connectivity index (χ0) is 12.8. The molecule has 0 fully saturated rings. The average molecular weight is 271 g/mol. The highest BCUT2D eigenvalue weighted by atomic mass is 35.5. The molecule has 0 bridgehead atoms. The van der Waals surface area contributed by atoms with Crippen LogP contribution in [0.1, 0.15) is 25.0 Å². The van der Waals surface area contributed by atoms with Crippen LogP contribution < -0.4 is 11.1 Å². The molecule has 0 aliphatic rings. The summed E-state index contributed by atoms with van der Waals surface area (Å²) in [6.45, 7) is 6.44. The van der Waals surface area contributed by atoms with Crippen LogP contribution in [0.3, 0.4) is 0 Å². The van der Waals surface area contributed by atoms with Gasteiger partial charge in [-0.25, -0.2) is 0 Å². The maximum Gasteiger partial charge on any atom is 0.224 e. The average Bonchev–Trinajstić information content (AvgIpc) is 2.30. The minimum atomic E-state index is -0.131. The molecule has 18 heavy (non-hydrogen) atoms. The molecule has 4 heteroatoms. The number of hydrogen-bond acceptors (Lipinski definition) is 2. The second kappa shape index (κ2) is 8.11. The SMILES string of the molecule is Cc1ccc(CCNC(=O)C(C)C(C)N)cc1.Cl. The van der Waals surface area contributed by atoms with Gasteiger partial charge in [0, 0.05) is 18.5 Å². The van der Waals surface area contributed by atoms with E-state index >= 15 is 0 Å². The van der Waals surface area contributed by atoms with Crippen molar-refractivity contribution < 1.29 is 4.79 Å². The quantitative estimate of drug-likeness (QED) is 0.861. The normalized spacial score (nSPS) is 13.3. The number of aryl methyl sites for hydroxylation is 1. The van der Waals surface area contributed by atoms with E-state index in [1.165, 1.54) is 11.1 Å². The van der Waals surface area contributed by atoms with E-state index in [4.69, 9.17) is 5.73 Å². The zero-order valence-electron chi connectivity index (χ0n) is 11.3. The maximum atomic E-state index is 11.6. The molecule has 0 heterocycles. The molecule has 1 amide bonds. The molecule has 2 unspecified atom stereocenters. The fraction of sp³-hybridized carbons (Fsp3) is 0.500. The zero-order valence-corrected chi connectivity index (χ0v) is 12.1. The fourth-order valence-electron chi connectivity index (χ4n) is 1.48. The molecule has 3 nitrogen and oxygen atoms in total. The van der Waals surface area contributed by atoms with Crippen molar-refractivity contribution in [2.45, 2.75) is 33.2 Å². The third kappa shape index (κ3) is 5.52. The summed E-state index contributed by atoms with van der Waals surface area (Å²) in [6.07, 6.45) is 0.859. The van der Waals surface area contributed by atoms with Crippen LogP contribution in [0.2, 0.25) is 0 Å². The first-order valence-corrected chi connectivity index (χ1v) is 6.09. The molecular weight excluding hydrogens is 248 g/mol. The van der Waals surface area contributed by atoms with E-state index < -0.39 is 0 Å². The predicted octanol–water partition coefficient (Wildman–Crippen LogP) is 2.06. The number of hydrogen-bond donors (Lipinski definition) is 2. The predicted molar refractivity (Wildman–Crippen MR) is 78.0 cm³/mol. The molecule has 0 spiro atoms. The van der Waals surface area contributed by atoms with Crippen molar-refractivity contribution in [1.29, 1.82) is 0 Å². The van der Waals surface area contributed by atoms with Gasteiger partial charge in [0.2, 0.25) is 5.91 Å². The number of benzene rings is 1. The van der Waals surface area contributed by atoms with E-state index in [0.29, 0.717) is 6.54 Å². The van der Waals surface area contributed by atoms with Crippen LogP contribution in [0.15, 0.2) is 24.3 Å². The van der Waals surface area contributed by atoms with Crippen molar-refractivity contribution >= 4 is 18.3 Å². The van der Waals surface area contributed by atoms with E-state index in [1.54, 1.807) is 0 Å². The van der Waals surface area contributed by atoms with Gasteiger partial charge >= 0.3 is 0 Å². The maximum absolute atomic E-state index is 11.6. The van der Waals surface area contributed by atoms with Crippen molar-refractivity contribution in [2.75, 3.05) is 6.54 Å². The molecular formula is C14H23ClN2O. The Morgan fingerprint density at radius 3 is 2.33 bits per heavy atom. The minimum Gasteiger partial charge on any atom is -0.355 e. The van der Waals surface area contributed by atoms with Gasteiger partial charge in [-0.3, -0.25) is 4.79 Å². The molecule has 0 saturated carbocycles. The lowest BCUT2D eigenvalue weighted by Crippen LogP contribution is -2.39. The van der Waals surface area contributed by atoms with Gasteiger partial charge in [0.05, 0.1) is 0 Å². The van der Waals surface area contributed by atoms with Crippen LogP contribution in [0.4, 0.5) is 0 Å². The van der Waals surface area contributed by atoms with E-state index in [1.807, 2.05) is 13.8 Å². The summed E-state index contributed by atoms with van der Waals surface area (Å²) in [5.41, 5.74) is 8.17. The second-order valence-electron chi connectivity index (χ2n) is 4.67. The van der Waals surface area contributed by atoms with Crippen LogP contribution in [0.25, 0.3) is 0 Å². The number of rotatable bonds is 5. The molecule has 1 rings (SSSR count). The Morgan fingerprint density at radius 1 is 1.28 bits per heavy atom. The van der Waals surface area contributed by atoms with Gasteiger partial charge in [-0.2, -0.15) is 0 Å². The van der Waals surface area contributed by atoms with Crippen molar-refractivity contribution in [3.8, 4) is 0 Å². The fourth-order valence-corrected chi connectivity index (χ4v) is 1.48. The summed E-state index contributed by atoms with van der Waals surface area (Å²) in [4.78, 5) is 11.6. The van der Waals surface area contributed by atoms with Crippen LogP contribution in [-0.2, 0) is 11.2 Å². The number of nitrogens with two attached hydrogens (primary N) is 1. The molecule has 0 radical (unpaired) electrons. The number of carbonyl (C=O) groups excluding carboxylic acids is 1. The monoisotopic (exact) mass is 270 g/mol. The third-order valence-corrected chi connectivity index (χ3v) is 3.04. The highest BCUT2D eigenvalue weighted by Gasteiger charge is 2.15. The topological polar surface area (TPSA) is 55.1 Å². The van der Waals surface area contributed by atoms with Crippen molar-refractivity contribution in [3.63, 3.8) is 0 Å². The summed E-state index contributed by atoms with van der Waals surface area (Å²) in [6, 6.07) is 8.26. The number of nitrogens with one attached hydrogen (secondary N) is 1. The number of amides is 1. The molecule has 2 atom stereocenters. The van der Waals surface area contributed by atoms with Crippen LogP contribution >= 0.6 is 12.4 Å². The Bertz CT molecular complexity index is 363. The van der Waals surface area contributed by atoms with Crippen LogP contribution in [0.5, 0.6) is 0 Å². The third-order valence-electron chi connectivity index (χ3n) is 3.04. The number of carbonyl (C=O) groups is 1. The van der Waals surface area contributed by atoms with Gasteiger partial charge < -0.3 is 11.1 Å². The van der Waals surface area contributed by atoms with Crippen LogP contribution in [0, 0.1) is 12.8 Å². The summed E-state index contributed by atoms with van der Waals surface area (Å²) in [5.74, 6) is -0.0971. The van der Waals surface area contributed by atoms with Gasteiger partial charge in [0.25, 0.3) is 0 Å². The molecule has 0 aliphatic heterocycles. The molecule has 0 aliphatic carbocycles. The molecule has 102 valence electrons. The van der Waals surface area contributed by atoms with Gasteiger partial charge in [-0.1, -0.05) is 36.8 Å². The van der Waals surface area contributed by atoms with E-state index in [2.05, 4.69) is 36.5 Å². The lowest BCUT2D eigenvalue weighted by Gasteiger charge is -2.15. The Hall–Kier alpha value is -1.06. The van der Waals surface area contributed by atoms with Gasteiger partial charge in [0.1, 0.15) is 0 Å². The Morgan fingerprint density at radius 2 is 1.83 bits per heavy atom. The number of halogens is 1. The molecule has 1 aromatic carbocycles. The van der Waals surface area contributed by atoms with E-state index in [-0.39, 0.29) is 30.3 Å². The molecule has 3 N–H and O–H groups in total. The van der Waals surface area contributed by atoms with Crippen LogP contribution in [-0.4, -0.2) is 18.5 Å². The van der Waals surface area contributed by atoms with Gasteiger partial charge in [-0.15, -0.1) is 12.4 Å². The smallest absolute Gasteiger partial charge is 0.224 e. The largest absolute Gasteiger partial charge is 0.355 e. The highest BCUT2D eigenvalue weighted by molar-refractivity contribution is 5.85. The van der Waals surface area contributed by atoms with E-state index in [0.717, 1.165) is 6.42 Å². The summed E-state index contributed by atoms with van der Waals surface area (Å²) in [5, 5.41) is 2.91. The molecule has 0 aromatic heterocycles. The Balaban J connectivity index is 0.00000289. The Labute approximate surface area is 116 Å². The van der Waals surface area contributed by atoms with E-state index in [9.17, 15) is 4.79 Å². The lowest BCUT2D eigenvalue weighted by atomic mass is 10.0. The first-order chi connectivity index (χ1) is 8.00. The molecule has 1 aromatic rings. The standard InChI is InChI=1S/C14H22N2O.ClH/c1-10-4-6-13(7-5-10)8-9-16-14(17)11(2)12(3)15;/h4-7,11-12H,8-9,15H2,1-3H3,(H,16,17);1H. The van der Waals surface area contributed by atoms with Gasteiger partial charge in [0.15, 0.2) is 0 Å². The summed E-state index contributed by atoms with van der Waals surface area (Å²) < 4.78 is 0. The first-order valence-electron chi connectivity index (χ1n) is 6.09. The van der Waals surface area contributed by atoms with Crippen molar-refractivity contribution in [3.05, 3.63) is 35.4 Å². The van der Waals surface area contributed by atoms with Gasteiger partial charge in [-0.05, 0) is 25.8 Å².